The SMILES string of the molecule is c1c(C2CCNC2)[nH]c2c1CCOCC2. The first-order valence-corrected chi connectivity index (χ1v) is 5.92. The quantitative estimate of drug-likeness (QED) is 0.724. The van der Waals surface area contributed by atoms with Crippen LogP contribution in [-0.4, -0.2) is 31.3 Å². The predicted octanol–water partition coefficient (Wildman–Crippen LogP) is 1.21. The van der Waals surface area contributed by atoms with E-state index in [9.17, 15) is 0 Å². The van der Waals surface area contributed by atoms with Crippen molar-refractivity contribution in [2.24, 2.45) is 0 Å². The van der Waals surface area contributed by atoms with E-state index in [1.54, 1.807) is 0 Å². The van der Waals surface area contributed by atoms with Crippen LogP contribution < -0.4 is 5.32 Å². The lowest BCUT2D eigenvalue weighted by Crippen LogP contribution is -2.08. The van der Waals surface area contributed by atoms with Gasteiger partial charge in [-0.15, -0.1) is 0 Å². The first-order valence-electron chi connectivity index (χ1n) is 5.92. The first-order chi connectivity index (χ1) is 7.43. The number of ether oxygens (including phenoxy) is 1. The molecule has 0 spiro atoms. The second-order valence-corrected chi connectivity index (χ2v) is 4.53. The molecular formula is C12H18N2O. The monoisotopic (exact) mass is 206 g/mol. The van der Waals surface area contributed by atoms with Crippen molar-refractivity contribution < 1.29 is 4.74 Å². The Kier molecular flexibility index (Phi) is 2.51. The van der Waals surface area contributed by atoms with E-state index in [-0.39, 0.29) is 0 Å². The number of hydrogen-bond acceptors (Lipinski definition) is 2. The lowest BCUT2D eigenvalue weighted by atomic mass is 10.0. The highest BCUT2D eigenvalue weighted by Crippen LogP contribution is 2.25. The number of aromatic nitrogens is 1. The molecule has 3 heterocycles. The summed E-state index contributed by atoms with van der Waals surface area (Å²) in [6.07, 6.45) is 3.40. The van der Waals surface area contributed by atoms with E-state index in [0.717, 1.165) is 39.1 Å². The minimum absolute atomic E-state index is 0.706. The third-order valence-corrected chi connectivity index (χ3v) is 3.52. The molecule has 0 aromatic carbocycles. The molecule has 2 aliphatic heterocycles. The van der Waals surface area contributed by atoms with Crippen molar-refractivity contribution in [2.75, 3.05) is 26.3 Å². The summed E-state index contributed by atoms with van der Waals surface area (Å²) >= 11 is 0. The fourth-order valence-electron chi connectivity index (χ4n) is 2.61. The van der Waals surface area contributed by atoms with Crippen LogP contribution in [0.4, 0.5) is 0 Å². The average Bonchev–Trinajstić information content (AvgIpc) is 2.84. The molecule has 3 heteroatoms. The minimum atomic E-state index is 0.706. The smallest absolute Gasteiger partial charge is 0.0520 e. The predicted molar refractivity (Wildman–Crippen MR) is 59.2 cm³/mol. The zero-order valence-corrected chi connectivity index (χ0v) is 9.01. The van der Waals surface area contributed by atoms with E-state index >= 15 is 0 Å². The molecule has 0 aliphatic carbocycles. The topological polar surface area (TPSA) is 37.0 Å². The highest BCUT2D eigenvalue weighted by molar-refractivity contribution is 5.29. The maximum atomic E-state index is 5.47. The van der Waals surface area contributed by atoms with Gasteiger partial charge in [-0.2, -0.15) is 0 Å². The van der Waals surface area contributed by atoms with Gasteiger partial charge in [0.15, 0.2) is 0 Å². The van der Waals surface area contributed by atoms with Crippen LogP contribution in [0.1, 0.15) is 29.3 Å². The molecule has 3 nitrogen and oxygen atoms in total. The van der Waals surface area contributed by atoms with Gasteiger partial charge >= 0.3 is 0 Å². The van der Waals surface area contributed by atoms with Gasteiger partial charge in [0.2, 0.25) is 0 Å². The molecular weight excluding hydrogens is 188 g/mol. The van der Waals surface area contributed by atoms with E-state index in [1.807, 2.05) is 0 Å². The molecule has 1 saturated heterocycles. The summed E-state index contributed by atoms with van der Waals surface area (Å²) in [5.41, 5.74) is 4.33. The van der Waals surface area contributed by atoms with Gasteiger partial charge in [-0.05, 0) is 31.0 Å². The van der Waals surface area contributed by atoms with Gasteiger partial charge in [0.05, 0.1) is 13.2 Å². The molecule has 0 amide bonds. The lowest BCUT2D eigenvalue weighted by molar-refractivity contribution is 0.146. The number of rotatable bonds is 1. The van der Waals surface area contributed by atoms with Crippen molar-refractivity contribution in [2.45, 2.75) is 25.2 Å². The molecule has 0 saturated carbocycles. The van der Waals surface area contributed by atoms with Gasteiger partial charge in [0.25, 0.3) is 0 Å². The lowest BCUT2D eigenvalue weighted by Gasteiger charge is -2.05. The average molecular weight is 206 g/mol. The van der Waals surface area contributed by atoms with Crippen LogP contribution in [0, 0.1) is 0 Å². The van der Waals surface area contributed by atoms with E-state index in [4.69, 9.17) is 4.74 Å². The standard InChI is InChI=1S/C12H18N2O/c1-4-13-8-10(1)12-7-9-2-5-15-6-3-11(9)14-12/h7,10,13-14H,1-6,8H2. The summed E-state index contributed by atoms with van der Waals surface area (Å²) in [7, 11) is 0. The first kappa shape index (κ1) is 9.43. The molecule has 3 rings (SSSR count). The number of fused-ring (bicyclic) bond motifs is 1. The van der Waals surface area contributed by atoms with Crippen molar-refractivity contribution in [3.05, 3.63) is 23.0 Å². The van der Waals surface area contributed by atoms with Gasteiger partial charge in [-0.25, -0.2) is 0 Å². The summed E-state index contributed by atoms with van der Waals surface area (Å²) in [5, 5.41) is 3.42. The van der Waals surface area contributed by atoms with Gasteiger partial charge < -0.3 is 15.0 Å². The Bertz CT molecular complexity index is 316. The highest BCUT2D eigenvalue weighted by Gasteiger charge is 2.20. The molecule has 1 aromatic heterocycles. The van der Waals surface area contributed by atoms with Crippen LogP contribution in [0.3, 0.4) is 0 Å². The fraction of sp³-hybridized carbons (Fsp3) is 0.667. The third kappa shape index (κ3) is 1.82. The summed E-state index contributed by atoms with van der Waals surface area (Å²) in [5.74, 6) is 0.706. The Hall–Kier alpha value is -0.800. The van der Waals surface area contributed by atoms with Gasteiger partial charge in [-0.3, -0.25) is 0 Å². The highest BCUT2D eigenvalue weighted by atomic mass is 16.5. The summed E-state index contributed by atoms with van der Waals surface area (Å²) in [4.78, 5) is 3.60. The molecule has 1 atom stereocenters. The molecule has 0 radical (unpaired) electrons. The van der Waals surface area contributed by atoms with Crippen LogP contribution in [0.5, 0.6) is 0 Å². The summed E-state index contributed by atoms with van der Waals surface area (Å²) in [6.45, 7) is 4.05. The van der Waals surface area contributed by atoms with Crippen molar-refractivity contribution in [1.29, 1.82) is 0 Å². The van der Waals surface area contributed by atoms with Gasteiger partial charge in [-0.1, -0.05) is 0 Å². The van der Waals surface area contributed by atoms with Crippen LogP contribution in [0.15, 0.2) is 6.07 Å². The van der Waals surface area contributed by atoms with E-state index < -0.39 is 0 Å². The van der Waals surface area contributed by atoms with Crippen molar-refractivity contribution in [3.63, 3.8) is 0 Å². The van der Waals surface area contributed by atoms with Gasteiger partial charge in [0.1, 0.15) is 0 Å². The molecule has 15 heavy (non-hydrogen) atoms. The Morgan fingerprint density at radius 1 is 1.27 bits per heavy atom. The number of aromatic amines is 1. The van der Waals surface area contributed by atoms with E-state index in [2.05, 4.69) is 16.4 Å². The number of nitrogens with one attached hydrogen (secondary N) is 2. The van der Waals surface area contributed by atoms with Crippen LogP contribution in [0.2, 0.25) is 0 Å². The van der Waals surface area contributed by atoms with Crippen LogP contribution >= 0.6 is 0 Å². The molecule has 2 N–H and O–H groups in total. The van der Waals surface area contributed by atoms with Gasteiger partial charge in [0, 0.05) is 30.3 Å². The Morgan fingerprint density at radius 2 is 2.20 bits per heavy atom. The third-order valence-electron chi connectivity index (χ3n) is 3.52. The second-order valence-electron chi connectivity index (χ2n) is 4.53. The maximum Gasteiger partial charge on any atom is 0.0520 e. The molecule has 82 valence electrons. The maximum absolute atomic E-state index is 5.47. The summed E-state index contributed by atoms with van der Waals surface area (Å²) < 4.78 is 5.47. The van der Waals surface area contributed by atoms with Crippen molar-refractivity contribution >= 4 is 0 Å². The minimum Gasteiger partial charge on any atom is -0.381 e. The molecule has 1 unspecified atom stereocenters. The largest absolute Gasteiger partial charge is 0.381 e. The molecule has 0 bridgehead atoms. The van der Waals surface area contributed by atoms with Crippen molar-refractivity contribution in [3.8, 4) is 0 Å². The van der Waals surface area contributed by atoms with Crippen molar-refractivity contribution in [1.82, 2.24) is 10.3 Å². The summed E-state index contributed by atoms with van der Waals surface area (Å²) in [6, 6.07) is 2.36. The van der Waals surface area contributed by atoms with E-state index in [0.29, 0.717) is 5.92 Å². The normalized spacial score (nSPS) is 26.3. The Labute approximate surface area is 90.2 Å². The van der Waals surface area contributed by atoms with Crippen LogP contribution in [-0.2, 0) is 17.6 Å². The zero-order valence-electron chi connectivity index (χ0n) is 9.01. The molecule has 2 aliphatic rings. The van der Waals surface area contributed by atoms with E-state index in [1.165, 1.54) is 23.4 Å². The number of hydrogen-bond donors (Lipinski definition) is 2. The van der Waals surface area contributed by atoms with Crippen LogP contribution in [0.25, 0.3) is 0 Å². The molecule has 1 aromatic rings. The molecule has 1 fully saturated rings. The zero-order chi connectivity index (χ0) is 10.1. The second kappa shape index (κ2) is 3.99. The Morgan fingerprint density at radius 3 is 3.07 bits per heavy atom. The fourth-order valence-corrected chi connectivity index (χ4v) is 2.61. The number of H-pyrrole nitrogens is 1. The Balaban J connectivity index is 1.84.